The van der Waals surface area contributed by atoms with Gasteiger partial charge in [0.2, 0.25) is 0 Å². The van der Waals surface area contributed by atoms with E-state index in [4.69, 9.17) is 14.9 Å². The number of aliphatic carboxylic acids is 1. The van der Waals surface area contributed by atoms with Crippen LogP contribution in [-0.2, 0) is 4.79 Å². The molecular formula is C21H35NO5. The van der Waals surface area contributed by atoms with Crippen molar-refractivity contribution in [2.24, 2.45) is 0 Å². The Labute approximate surface area is 163 Å². The van der Waals surface area contributed by atoms with Crippen molar-refractivity contribution >= 4 is 12.0 Å². The average Bonchev–Trinajstić information content (AvgIpc) is 2.67. The van der Waals surface area contributed by atoms with Crippen LogP contribution in [0.3, 0.4) is 0 Å². The smallest absolute Gasteiger partial charge is 0.328 e. The van der Waals surface area contributed by atoms with Crippen molar-refractivity contribution in [1.82, 2.24) is 4.90 Å². The second-order valence-electron chi connectivity index (χ2n) is 6.70. The number of nitrogens with zero attached hydrogens (tertiary/aromatic N) is 1. The van der Waals surface area contributed by atoms with Gasteiger partial charge in [-0.1, -0.05) is 38.3 Å². The highest BCUT2D eigenvalue weighted by Gasteiger charge is 2.27. The number of carbonyl (C=O) groups is 1. The van der Waals surface area contributed by atoms with Crippen LogP contribution in [0.1, 0.15) is 45.1 Å². The number of benzene rings is 1. The minimum absolute atomic E-state index is 0.153. The summed E-state index contributed by atoms with van der Waals surface area (Å²) in [7, 11) is 3.54. The summed E-state index contributed by atoms with van der Waals surface area (Å²) < 4.78 is 4.95. The minimum Gasteiger partial charge on any atom is -0.497 e. The summed E-state index contributed by atoms with van der Waals surface area (Å²) in [5.41, 5.74) is 0.668. The predicted molar refractivity (Wildman–Crippen MR) is 109 cm³/mol. The molecule has 0 aliphatic rings. The van der Waals surface area contributed by atoms with Crippen LogP contribution in [-0.4, -0.2) is 65.6 Å². The molecule has 1 unspecified atom stereocenters. The zero-order chi connectivity index (χ0) is 20.7. The Hall–Kier alpha value is -1.89. The van der Waals surface area contributed by atoms with Crippen molar-refractivity contribution < 1.29 is 24.9 Å². The van der Waals surface area contributed by atoms with E-state index in [2.05, 4.69) is 13.8 Å². The molecule has 0 spiro atoms. The Morgan fingerprint density at radius 3 is 2.30 bits per heavy atom. The zero-order valence-corrected chi connectivity index (χ0v) is 17.0. The van der Waals surface area contributed by atoms with Gasteiger partial charge < -0.3 is 20.1 Å². The van der Waals surface area contributed by atoms with Gasteiger partial charge >= 0.3 is 5.97 Å². The standard InChI is InChI=1S/C11H25NO2.C10H10O3/c1-4-5-6-7-11(2,10-14)12(3)8-9-13;1-13-9-5-2-8(3-6-9)4-7-10(11)12/h13-14H,4-10H2,1-3H3;2-7H,1H3,(H,11,12). The maximum absolute atomic E-state index is 10.2. The molecule has 6 nitrogen and oxygen atoms in total. The van der Waals surface area contributed by atoms with Gasteiger partial charge in [-0.05, 0) is 44.2 Å². The molecule has 1 aromatic carbocycles. The topological polar surface area (TPSA) is 90.2 Å². The van der Waals surface area contributed by atoms with Crippen LogP contribution >= 0.6 is 0 Å². The largest absolute Gasteiger partial charge is 0.497 e. The number of hydrogen-bond donors (Lipinski definition) is 3. The predicted octanol–water partition coefficient (Wildman–Crippen LogP) is 3.03. The number of rotatable bonds is 11. The minimum atomic E-state index is -0.948. The molecule has 0 heterocycles. The number of hydrogen-bond acceptors (Lipinski definition) is 5. The molecule has 0 radical (unpaired) electrons. The van der Waals surface area contributed by atoms with Crippen molar-refractivity contribution in [3.05, 3.63) is 35.9 Å². The second-order valence-corrected chi connectivity index (χ2v) is 6.70. The first-order chi connectivity index (χ1) is 12.8. The lowest BCUT2D eigenvalue weighted by Crippen LogP contribution is -2.48. The highest BCUT2D eigenvalue weighted by Crippen LogP contribution is 2.20. The molecular weight excluding hydrogens is 346 g/mol. The summed E-state index contributed by atoms with van der Waals surface area (Å²) in [4.78, 5) is 12.2. The number of carboxylic acid groups (broad SMARTS) is 1. The zero-order valence-electron chi connectivity index (χ0n) is 17.0. The fourth-order valence-electron chi connectivity index (χ4n) is 2.45. The van der Waals surface area contributed by atoms with Gasteiger partial charge in [0.1, 0.15) is 5.75 Å². The summed E-state index contributed by atoms with van der Waals surface area (Å²) in [6.45, 7) is 5.17. The highest BCUT2D eigenvalue weighted by atomic mass is 16.5. The Kier molecular flexibility index (Phi) is 13.2. The van der Waals surface area contributed by atoms with Gasteiger partial charge in [0, 0.05) is 18.2 Å². The van der Waals surface area contributed by atoms with Gasteiger partial charge in [0.25, 0.3) is 0 Å². The van der Waals surface area contributed by atoms with Crippen LogP contribution in [0.15, 0.2) is 30.3 Å². The van der Waals surface area contributed by atoms with E-state index in [-0.39, 0.29) is 18.8 Å². The number of aliphatic hydroxyl groups excluding tert-OH is 2. The molecule has 154 valence electrons. The van der Waals surface area contributed by atoms with Crippen LogP contribution in [0, 0.1) is 0 Å². The van der Waals surface area contributed by atoms with Gasteiger partial charge in [-0.15, -0.1) is 0 Å². The molecule has 1 atom stereocenters. The third kappa shape index (κ3) is 10.8. The van der Waals surface area contributed by atoms with Gasteiger partial charge in [-0.2, -0.15) is 0 Å². The molecule has 0 aromatic heterocycles. The Morgan fingerprint density at radius 1 is 1.22 bits per heavy atom. The van der Waals surface area contributed by atoms with Crippen molar-refractivity contribution in [3.8, 4) is 5.75 Å². The van der Waals surface area contributed by atoms with E-state index in [9.17, 15) is 9.90 Å². The van der Waals surface area contributed by atoms with E-state index in [1.54, 1.807) is 31.4 Å². The van der Waals surface area contributed by atoms with Crippen molar-refractivity contribution in [3.63, 3.8) is 0 Å². The molecule has 0 saturated carbocycles. The van der Waals surface area contributed by atoms with Crippen LogP contribution in [0.2, 0.25) is 0 Å². The molecule has 27 heavy (non-hydrogen) atoms. The monoisotopic (exact) mass is 381 g/mol. The summed E-state index contributed by atoms with van der Waals surface area (Å²) in [6.07, 6.45) is 7.18. The molecule has 0 amide bonds. The molecule has 0 fully saturated rings. The van der Waals surface area contributed by atoms with E-state index >= 15 is 0 Å². The number of ether oxygens (including phenoxy) is 1. The molecule has 0 aliphatic heterocycles. The van der Waals surface area contributed by atoms with Gasteiger partial charge in [0.15, 0.2) is 0 Å². The normalized spacial score (nSPS) is 13.1. The van der Waals surface area contributed by atoms with E-state index in [0.29, 0.717) is 6.54 Å². The number of unbranched alkanes of at least 4 members (excludes halogenated alkanes) is 2. The maximum atomic E-state index is 10.2. The lowest BCUT2D eigenvalue weighted by molar-refractivity contribution is -0.131. The fourth-order valence-corrected chi connectivity index (χ4v) is 2.45. The summed E-state index contributed by atoms with van der Waals surface area (Å²) >= 11 is 0. The van der Waals surface area contributed by atoms with E-state index in [1.165, 1.54) is 18.9 Å². The number of carboxylic acids is 1. The molecule has 1 rings (SSSR count). The summed E-state index contributed by atoms with van der Waals surface area (Å²) in [5, 5.41) is 26.6. The highest BCUT2D eigenvalue weighted by molar-refractivity contribution is 5.85. The third-order valence-electron chi connectivity index (χ3n) is 4.55. The Morgan fingerprint density at radius 2 is 1.85 bits per heavy atom. The SMILES string of the molecule is CCCCCC(C)(CO)N(C)CCO.COc1ccc(C=CC(=O)O)cc1. The molecule has 0 bridgehead atoms. The number of methoxy groups -OCH3 is 1. The van der Waals surface area contributed by atoms with E-state index in [1.807, 2.05) is 11.9 Å². The Balaban J connectivity index is 0.000000501. The number of likely N-dealkylation sites (N-methyl/N-ethyl adjacent to an activating group) is 1. The molecule has 6 heteroatoms. The molecule has 3 N–H and O–H groups in total. The van der Waals surface area contributed by atoms with Crippen LogP contribution in [0.25, 0.3) is 6.08 Å². The lowest BCUT2D eigenvalue weighted by Gasteiger charge is -2.37. The van der Waals surface area contributed by atoms with Crippen LogP contribution in [0.5, 0.6) is 5.75 Å². The molecule has 0 saturated heterocycles. The molecule has 0 aliphatic carbocycles. The first-order valence-electron chi connectivity index (χ1n) is 9.31. The summed E-state index contributed by atoms with van der Waals surface area (Å²) in [5.74, 6) is -0.191. The van der Waals surface area contributed by atoms with E-state index in [0.717, 1.165) is 30.2 Å². The maximum Gasteiger partial charge on any atom is 0.328 e. The van der Waals surface area contributed by atoms with Crippen molar-refractivity contribution in [2.45, 2.75) is 45.1 Å². The first kappa shape index (κ1) is 25.1. The molecule has 1 aromatic rings. The third-order valence-corrected chi connectivity index (χ3v) is 4.55. The average molecular weight is 382 g/mol. The van der Waals surface area contributed by atoms with Crippen LogP contribution < -0.4 is 4.74 Å². The van der Waals surface area contributed by atoms with Crippen LogP contribution in [0.4, 0.5) is 0 Å². The lowest BCUT2D eigenvalue weighted by atomic mass is 9.93. The van der Waals surface area contributed by atoms with Crippen molar-refractivity contribution in [2.75, 3.05) is 33.9 Å². The van der Waals surface area contributed by atoms with Gasteiger partial charge in [-0.3, -0.25) is 4.90 Å². The second kappa shape index (κ2) is 14.2. The fraction of sp³-hybridized carbons (Fsp3) is 0.571. The van der Waals surface area contributed by atoms with E-state index < -0.39 is 5.97 Å². The van der Waals surface area contributed by atoms with Gasteiger partial charge in [0.05, 0.1) is 20.3 Å². The number of β-amino-alcohol motifs (C(OH)–C–C–N with tert-alkyl or cyclic N) is 1. The number of aliphatic hydroxyl groups is 2. The van der Waals surface area contributed by atoms with Crippen molar-refractivity contribution in [1.29, 1.82) is 0 Å². The van der Waals surface area contributed by atoms with Gasteiger partial charge in [-0.25, -0.2) is 4.79 Å². The first-order valence-corrected chi connectivity index (χ1v) is 9.31. The quantitative estimate of drug-likeness (QED) is 0.403. The Bertz CT molecular complexity index is 544. The summed E-state index contributed by atoms with van der Waals surface area (Å²) in [6, 6.07) is 7.14.